The number of unbranched alkanes of at least 4 members (excludes halogenated alkanes) is 1. The minimum Gasteiger partial charge on any atom is -0.305 e. The molecule has 0 spiro atoms. The molecule has 11 heavy (non-hydrogen) atoms. The highest BCUT2D eigenvalue weighted by molar-refractivity contribution is 5.58. The van der Waals surface area contributed by atoms with Crippen LogP contribution in [0.2, 0.25) is 0 Å². The zero-order valence-corrected chi connectivity index (χ0v) is 7.18. The number of hydrogen-bond donors (Lipinski definition) is 1. The lowest BCUT2D eigenvalue weighted by molar-refractivity contribution is -0.109. The van der Waals surface area contributed by atoms with Crippen LogP contribution in [0, 0.1) is 0 Å². The van der Waals surface area contributed by atoms with E-state index < -0.39 is 0 Å². The van der Waals surface area contributed by atoms with Crippen molar-refractivity contribution in [2.75, 3.05) is 0 Å². The van der Waals surface area contributed by atoms with Gasteiger partial charge in [-0.1, -0.05) is 19.8 Å². The van der Waals surface area contributed by atoms with Gasteiger partial charge in [-0.3, -0.25) is 0 Å². The summed E-state index contributed by atoms with van der Waals surface area (Å²) in [6.07, 6.45) is 7.03. The maximum atomic E-state index is 10.4. The standard InChI is InChI=1S/C9H17NO/c1-2-3-4-8-5-6-9(7-11)10-8/h7-10H,2-6H2,1H3/t8?,9-/m0/s1. The van der Waals surface area contributed by atoms with Crippen LogP contribution in [0.3, 0.4) is 0 Å². The van der Waals surface area contributed by atoms with Crippen molar-refractivity contribution < 1.29 is 4.79 Å². The second-order valence-corrected chi connectivity index (χ2v) is 3.33. The molecule has 0 amide bonds. The summed E-state index contributed by atoms with van der Waals surface area (Å²) in [7, 11) is 0. The van der Waals surface area contributed by atoms with Gasteiger partial charge < -0.3 is 10.1 Å². The predicted molar refractivity (Wildman–Crippen MR) is 45.5 cm³/mol. The molecule has 0 aromatic rings. The molecular weight excluding hydrogens is 138 g/mol. The number of rotatable bonds is 4. The molecule has 0 saturated carbocycles. The quantitative estimate of drug-likeness (QED) is 0.623. The van der Waals surface area contributed by atoms with E-state index >= 15 is 0 Å². The van der Waals surface area contributed by atoms with Gasteiger partial charge in [-0.15, -0.1) is 0 Å². The maximum Gasteiger partial charge on any atom is 0.136 e. The maximum absolute atomic E-state index is 10.4. The molecule has 1 fully saturated rings. The van der Waals surface area contributed by atoms with Crippen LogP contribution in [0.5, 0.6) is 0 Å². The Morgan fingerprint density at radius 2 is 2.36 bits per heavy atom. The van der Waals surface area contributed by atoms with Crippen LogP contribution in [0.15, 0.2) is 0 Å². The molecule has 1 saturated heterocycles. The van der Waals surface area contributed by atoms with Crippen LogP contribution in [-0.4, -0.2) is 18.4 Å². The van der Waals surface area contributed by atoms with Gasteiger partial charge in [0.2, 0.25) is 0 Å². The van der Waals surface area contributed by atoms with Crippen LogP contribution in [0.1, 0.15) is 39.0 Å². The summed E-state index contributed by atoms with van der Waals surface area (Å²) in [6, 6.07) is 0.766. The zero-order chi connectivity index (χ0) is 8.10. The minimum atomic E-state index is 0.150. The van der Waals surface area contributed by atoms with Crippen molar-refractivity contribution in [1.29, 1.82) is 0 Å². The molecule has 0 aromatic carbocycles. The number of aldehydes is 1. The fraction of sp³-hybridized carbons (Fsp3) is 0.889. The number of carbonyl (C=O) groups is 1. The summed E-state index contributed by atoms with van der Waals surface area (Å²) < 4.78 is 0. The van der Waals surface area contributed by atoms with Gasteiger partial charge in [0.15, 0.2) is 0 Å². The van der Waals surface area contributed by atoms with Gasteiger partial charge >= 0.3 is 0 Å². The molecule has 1 unspecified atom stereocenters. The van der Waals surface area contributed by atoms with Gasteiger partial charge in [0.05, 0.1) is 6.04 Å². The fourth-order valence-corrected chi connectivity index (χ4v) is 1.64. The van der Waals surface area contributed by atoms with E-state index in [-0.39, 0.29) is 6.04 Å². The van der Waals surface area contributed by atoms with Crippen molar-refractivity contribution in [1.82, 2.24) is 5.32 Å². The fourth-order valence-electron chi connectivity index (χ4n) is 1.64. The third kappa shape index (κ3) is 2.62. The summed E-state index contributed by atoms with van der Waals surface area (Å²) in [4.78, 5) is 10.4. The first-order valence-corrected chi connectivity index (χ1v) is 4.58. The third-order valence-electron chi connectivity index (χ3n) is 2.35. The van der Waals surface area contributed by atoms with Crippen molar-refractivity contribution in [3.63, 3.8) is 0 Å². The van der Waals surface area contributed by atoms with E-state index in [4.69, 9.17) is 0 Å². The molecule has 0 radical (unpaired) electrons. The van der Waals surface area contributed by atoms with E-state index in [1.807, 2.05) is 0 Å². The number of nitrogens with one attached hydrogen (secondary N) is 1. The summed E-state index contributed by atoms with van der Waals surface area (Å²) in [5.41, 5.74) is 0. The van der Waals surface area contributed by atoms with Gasteiger partial charge in [0, 0.05) is 6.04 Å². The van der Waals surface area contributed by atoms with Crippen molar-refractivity contribution in [3.05, 3.63) is 0 Å². The molecular formula is C9H17NO. The molecule has 2 nitrogen and oxygen atoms in total. The SMILES string of the molecule is CCCCC1CC[C@@H](C=O)N1. The number of hydrogen-bond acceptors (Lipinski definition) is 2. The van der Waals surface area contributed by atoms with Gasteiger partial charge in [-0.05, 0) is 19.3 Å². The van der Waals surface area contributed by atoms with E-state index in [0.717, 1.165) is 12.7 Å². The Morgan fingerprint density at radius 3 is 2.91 bits per heavy atom. The Morgan fingerprint density at radius 1 is 1.55 bits per heavy atom. The topological polar surface area (TPSA) is 29.1 Å². The Kier molecular flexibility index (Phi) is 3.57. The highest BCUT2D eigenvalue weighted by Crippen LogP contribution is 2.15. The lowest BCUT2D eigenvalue weighted by Gasteiger charge is -2.09. The average Bonchev–Trinajstić information content (AvgIpc) is 2.48. The summed E-state index contributed by atoms with van der Waals surface area (Å²) in [6.45, 7) is 2.20. The van der Waals surface area contributed by atoms with Crippen molar-refractivity contribution in [2.45, 2.75) is 51.1 Å². The molecule has 0 aromatic heterocycles. The molecule has 1 rings (SSSR count). The molecule has 1 aliphatic rings. The van der Waals surface area contributed by atoms with E-state index in [2.05, 4.69) is 12.2 Å². The first kappa shape index (κ1) is 8.72. The van der Waals surface area contributed by atoms with Crippen LogP contribution in [0.4, 0.5) is 0 Å². The minimum absolute atomic E-state index is 0.150. The van der Waals surface area contributed by atoms with E-state index in [1.165, 1.54) is 25.7 Å². The van der Waals surface area contributed by atoms with Gasteiger partial charge in [0.1, 0.15) is 6.29 Å². The molecule has 64 valence electrons. The molecule has 0 bridgehead atoms. The molecule has 1 heterocycles. The van der Waals surface area contributed by atoms with Gasteiger partial charge in [0.25, 0.3) is 0 Å². The zero-order valence-electron chi connectivity index (χ0n) is 7.18. The molecule has 1 aliphatic heterocycles. The average molecular weight is 155 g/mol. The Balaban J connectivity index is 2.14. The smallest absolute Gasteiger partial charge is 0.136 e. The highest BCUT2D eigenvalue weighted by atomic mass is 16.1. The summed E-state index contributed by atoms with van der Waals surface area (Å²) in [5.74, 6) is 0. The first-order valence-electron chi connectivity index (χ1n) is 4.58. The van der Waals surface area contributed by atoms with Crippen molar-refractivity contribution >= 4 is 6.29 Å². The van der Waals surface area contributed by atoms with E-state index in [9.17, 15) is 4.79 Å². The molecule has 0 aliphatic carbocycles. The molecule has 1 N–H and O–H groups in total. The second kappa shape index (κ2) is 4.50. The first-order chi connectivity index (χ1) is 5.36. The largest absolute Gasteiger partial charge is 0.305 e. The van der Waals surface area contributed by atoms with E-state index in [1.54, 1.807) is 0 Å². The number of carbonyl (C=O) groups excluding carboxylic acids is 1. The lowest BCUT2D eigenvalue weighted by Crippen LogP contribution is -2.30. The normalized spacial score (nSPS) is 30.6. The van der Waals surface area contributed by atoms with Crippen LogP contribution >= 0.6 is 0 Å². The summed E-state index contributed by atoms with van der Waals surface area (Å²) >= 11 is 0. The van der Waals surface area contributed by atoms with Crippen molar-refractivity contribution in [2.24, 2.45) is 0 Å². The van der Waals surface area contributed by atoms with Gasteiger partial charge in [-0.25, -0.2) is 0 Å². The monoisotopic (exact) mass is 155 g/mol. The van der Waals surface area contributed by atoms with E-state index in [0.29, 0.717) is 6.04 Å². The van der Waals surface area contributed by atoms with Crippen LogP contribution < -0.4 is 5.32 Å². The predicted octanol–water partition coefficient (Wildman–Crippen LogP) is 1.50. The Bertz CT molecular complexity index is 125. The summed E-state index contributed by atoms with van der Waals surface area (Å²) in [5, 5.41) is 3.31. The third-order valence-corrected chi connectivity index (χ3v) is 2.35. The molecule has 2 heteroatoms. The van der Waals surface area contributed by atoms with Crippen LogP contribution in [0.25, 0.3) is 0 Å². The highest BCUT2D eigenvalue weighted by Gasteiger charge is 2.21. The Labute approximate surface area is 68.4 Å². The van der Waals surface area contributed by atoms with Gasteiger partial charge in [-0.2, -0.15) is 0 Å². The Hall–Kier alpha value is -0.370. The molecule has 2 atom stereocenters. The second-order valence-electron chi connectivity index (χ2n) is 3.33. The van der Waals surface area contributed by atoms with Crippen LogP contribution in [-0.2, 0) is 4.79 Å². The van der Waals surface area contributed by atoms with Crippen molar-refractivity contribution in [3.8, 4) is 0 Å². The lowest BCUT2D eigenvalue weighted by atomic mass is 10.1.